The molecule has 0 spiro atoms. The molecule has 2 aromatic carbocycles. The number of morpholine rings is 1. The van der Waals surface area contributed by atoms with Gasteiger partial charge >= 0.3 is 0 Å². The number of carbonyl (C=O) groups excluding carboxylic acids is 1. The molecule has 0 saturated carbocycles. The van der Waals surface area contributed by atoms with Crippen molar-refractivity contribution in [3.63, 3.8) is 0 Å². The van der Waals surface area contributed by atoms with Gasteiger partial charge in [-0.05, 0) is 60.5 Å². The van der Waals surface area contributed by atoms with Gasteiger partial charge in [-0.3, -0.25) is 9.59 Å². The van der Waals surface area contributed by atoms with E-state index in [0.29, 0.717) is 16.8 Å². The van der Waals surface area contributed by atoms with Crippen molar-refractivity contribution in [3.05, 3.63) is 82.4 Å². The van der Waals surface area contributed by atoms with Crippen molar-refractivity contribution in [2.45, 2.75) is 6.92 Å². The molecule has 1 amide bonds. The number of nitrogens with zero attached hydrogens (tertiary/aromatic N) is 2. The number of nitrogens with one attached hydrogen (secondary N) is 2. The summed E-state index contributed by atoms with van der Waals surface area (Å²) in [5.74, 6) is 0.00225. The first-order valence-electron chi connectivity index (χ1n) is 11.1. The van der Waals surface area contributed by atoms with Gasteiger partial charge in [-0.1, -0.05) is 6.07 Å². The summed E-state index contributed by atoms with van der Waals surface area (Å²) in [6.45, 7) is 5.12. The van der Waals surface area contributed by atoms with Crippen LogP contribution in [0.3, 0.4) is 0 Å². The first-order valence-corrected chi connectivity index (χ1v) is 11.1. The average Bonchev–Trinajstić information content (AvgIpc) is 2.86. The predicted molar refractivity (Wildman–Crippen MR) is 134 cm³/mol. The first kappa shape index (κ1) is 21.7. The number of carbonyl (C=O) groups is 1. The smallest absolute Gasteiger partial charge is 0.259 e. The Morgan fingerprint density at radius 3 is 2.56 bits per heavy atom. The first-order chi connectivity index (χ1) is 16.5. The average molecular weight is 456 g/mol. The van der Waals surface area contributed by atoms with Crippen molar-refractivity contribution in [3.8, 4) is 11.1 Å². The van der Waals surface area contributed by atoms with Gasteiger partial charge in [0.2, 0.25) is 5.91 Å². The zero-order valence-electron chi connectivity index (χ0n) is 18.8. The Labute approximate surface area is 196 Å². The van der Waals surface area contributed by atoms with Crippen molar-refractivity contribution < 1.29 is 9.53 Å². The van der Waals surface area contributed by atoms with E-state index in [1.165, 1.54) is 0 Å². The third-order valence-corrected chi connectivity index (χ3v) is 6.12. The standard InChI is InChI=1S/C26H25N5O3/c1-16-14-17(24(27)32)2-7-20(16)22-15-29-26(33)23-21(22)8-9-28-25(23)30-18-3-5-19(6-4-18)31-10-12-34-13-11-31/h2-9,14-15H,10-13H2,1H3,(H2,27,32)(H,28,30)(H,29,33). The van der Waals surface area contributed by atoms with Gasteiger partial charge in [0.05, 0.1) is 18.6 Å². The molecule has 8 nitrogen and oxygen atoms in total. The maximum Gasteiger partial charge on any atom is 0.259 e. The molecule has 8 heteroatoms. The van der Waals surface area contributed by atoms with Crippen molar-refractivity contribution in [2.75, 3.05) is 36.5 Å². The second-order valence-corrected chi connectivity index (χ2v) is 8.28. The van der Waals surface area contributed by atoms with Crippen LogP contribution in [0.15, 0.2) is 65.7 Å². The van der Waals surface area contributed by atoms with Gasteiger partial charge in [-0.15, -0.1) is 0 Å². The largest absolute Gasteiger partial charge is 0.378 e. The van der Waals surface area contributed by atoms with Gasteiger partial charge in [-0.25, -0.2) is 4.98 Å². The van der Waals surface area contributed by atoms with Gasteiger partial charge in [0.15, 0.2) is 0 Å². The minimum Gasteiger partial charge on any atom is -0.378 e. The van der Waals surface area contributed by atoms with E-state index in [1.807, 2.05) is 31.2 Å². The number of rotatable bonds is 5. The number of hydrogen-bond acceptors (Lipinski definition) is 6. The van der Waals surface area contributed by atoms with E-state index in [1.54, 1.807) is 24.5 Å². The van der Waals surface area contributed by atoms with Crippen LogP contribution in [-0.2, 0) is 4.74 Å². The van der Waals surface area contributed by atoms with Crippen LogP contribution in [0.25, 0.3) is 21.9 Å². The number of anilines is 3. The Balaban J connectivity index is 1.51. The number of benzene rings is 2. The molecule has 34 heavy (non-hydrogen) atoms. The van der Waals surface area contributed by atoms with Crippen LogP contribution in [0, 0.1) is 6.92 Å². The van der Waals surface area contributed by atoms with Gasteiger partial charge in [-0.2, -0.15) is 0 Å². The highest BCUT2D eigenvalue weighted by molar-refractivity contribution is 6.02. The lowest BCUT2D eigenvalue weighted by Crippen LogP contribution is -2.36. The monoisotopic (exact) mass is 455 g/mol. The molecule has 0 unspecified atom stereocenters. The molecule has 4 N–H and O–H groups in total. The maximum atomic E-state index is 12.8. The molecule has 0 radical (unpaired) electrons. The Morgan fingerprint density at radius 1 is 1.09 bits per heavy atom. The Morgan fingerprint density at radius 2 is 1.85 bits per heavy atom. The number of aryl methyl sites for hydroxylation is 1. The molecular weight excluding hydrogens is 430 g/mol. The zero-order chi connectivity index (χ0) is 23.7. The fraction of sp³-hybridized carbons (Fsp3) is 0.192. The molecule has 1 aliphatic heterocycles. The third-order valence-electron chi connectivity index (χ3n) is 6.12. The Kier molecular flexibility index (Phi) is 5.73. The second kappa shape index (κ2) is 8.99. The number of aromatic nitrogens is 2. The minimum atomic E-state index is -0.476. The van der Waals surface area contributed by atoms with Crippen molar-refractivity contribution in [2.24, 2.45) is 5.73 Å². The number of amides is 1. The van der Waals surface area contributed by atoms with Gasteiger partial charge in [0, 0.05) is 53.4 Å². The van der Waals surface area contributed by atoms with Crippen LogP contribution >= 0.6 is 0 Å². The topological polar surface area (TPSA) is 113 Å². The van der Waals surface area contributed by atoms with Crippen molar-refractivity contribution >= 4 is 33.9 Å². The lowest BCUT2D eigenvalue weighted by Gasteiger charge is -2.28. The van der Waals surface area contributed by atoms with Crippen LogP contribution in [0.5, 0.6) is 0 Å². The fourth-order valence-electron chi connectivity index (χ4n) is 4.35. The van der Waals surface area contributed by atoms with Crippen LogP contribution in [0.1, 0.15) is 15.9 Å². The summed E-state index contributed by atoms with van der Waals surface area (Å²) in [5.41, 5.74) is 10.2. The van der Waals surface area contributed by atoms with Crippen molar-refractivity contribution in [1.82, 2.24) is 9.97 Å². The molecule has 4 aromatic rings. The number of H-pyrrole nitrogens is 1. The maximum absolute atomic E-state index is 12.8. The van der Waals surface area contributed by atoms with E-state index in [-0.39, 0.29) is 5.56 Å². The third kappa shape index (κ3) is 4.11. The zero-order valence-corrected chi connectivity index (χ0v) is 18.8. The fourth-order valence-corrected chi connectivity index (χ4v) is 4.35. The Bertz CT molecular complexity index is 1420. The molecular formula is C26H25N5O3. The summed E-state index contributed by atoms with van der Waals surface area (Å²) in [5, 5.41) is 4.53. The number of pyridine rings is 2. The summed E-state index contributed by atoms with van der Waals surface area (Å²) in [4.78, 5) is 34.0. The number of ether oxygens (including phenoxy) is 1. The van der Waals surface area contributed by atoms with Gasteiger partial charge in [0.1, 0.15) is 5.82 Å². The van der Waals surface area contributed by atoms with E-state index in [4.69, 9.17) is 10.5 Å². The van der Waals surface area contributed by atoms with Crippen molar-refractivity contribution in [1.29, 1.82) is 0 Å². The van der Waals surface area contributed by atoms with Gasteiger partial charge < -0.3 is 25.7 Å². The van der Waals surface area contributed by atoms with E-state index in [9.17, 15) is 9.59 Å². The number of nitrogens with two attached hydrogens (primary N) is 1. The molecule has 5 rings (SSSR count). The molecule has 1 fully saturated rings. The lowest BCUT2D eigenvalue weighted by atomic mass is 9.96. The quantitative estimate of drug-likeness (QED) is 0.424. The number of hydrogen-bond donors (Lipinski definition) is 3. The summed E-state index contributed by atoms with van der Waals surface area (Å²) in [6, 6.07) is 15.2. The molecule has 0 atom stereocenters. The van der Waals surface area contributed by atoms with Crippen LogP contribution in [0.2, 0.25) is 0 Å². The van der Waals surface area contributed by atoms with E-state index in [2.05, 4.69) is 32.3 Å². The SMILES string of the molecule is Cc1cc(C(N)=O)ccc1-c1c[nH]c(=O)c2c(Nc3ccc(N4CCOCC4)cc3)nccc12. The van der Waals surface area contributed by atoms with Crippen LogP contribution < -0.4 is 21.5 Å². The highest BCUT2D eigenvalue weighted by atomic mass is 16.5. The molecule has 172 valence electrons. The number of aromatic amines is 1. The van der Waals surface area contributed by atoms with E-state index < -0.39 is 5.91 Å². The second-order valence-electron chi connectivity index (χ2n) is 8.28. The van der Waals surface area contributed by atoms with Crippen LogP contribution in [-0.4, -0.2) is 42.2 Å². The predicted octanol–water partition coefficient (Wildman–Crippen LogP) is 3.58. The Hall–Kier alpha value is -4.17. The summed E-state index contributed by atoms with van der Waals surface area (Å²) < 4.78 is 5.43. The molecule has 3 heterocycles. The summed E-state index contributed by atoms with van der Waals surface area (Å²) >= 11 is 0. The molecule has 2 aromatic heterocycles. The molecule has 1 aliphatic rings. The lowest BCUT2D eigenvalue weighted by molar-refractivity contribution is 0.1000. The number of fused-ring (bicyclic) bond motifs is 1. The molecule has 0 bridgehead atoms. The normalized spacial score (nSPS) is 13.7. The summed E-state index contributed by atoms with van der Waals surface area (Å²) in [7, 11) is 0. The van der Waals surface area contributed by atoms with E-state index in [0.717, 1.165) is 59.8 Å². The molecule has 0 aliphatic carbocycles. The summed E-state index contributed by atoms with van der Waals surface area (Å²) in [6.07, 6.45) is 3.38. The minimum absolute atomic E-state index is 0.231. The highest BCUT2D eigenvalue weighted by Gasteiger charge is 2.15. The van der Waals surface area contributed by atoms with Crippen LogP contribution in [0.4, 0.5) is 17.2 Å². The highest BCUT2D eigenvalue weighted by Crippen LogP contribution is 2.32. The number of primary amides is 1. The molecule has 1 saturated heterocycles. The van der Waals surface area contributed by atoms with E-state index >= 15 is 0 Å². The van der Waals surface area contributed by atoms with Gasteiger partial charge in [0.25, 0.3) is 5.56 Å².